The molecule has 29 heavy (non-hydrogen) atoms. The van der Waals surface area contributed by atoms with Crippen molar-refractivity contribution < 1.29 is 14.5 Å². The van der Waals surface area contributed by atoms with Crippen molar-refractivity contribution >= 4 is 17.7 Å². The SMILES string of the molecule is CN1CCC(Oc2ccc(CNC(=O)/C=C/c3cccc([N+](=O)[O-])c3)cc2)CC1. The van der Waals surface area contributed by atoms with E-state index < -0.39 is 4.92 Å². The highest BCUT2D eigenvalue weighted by molar-refractivity contribution is 5.91. The van der Waals surface area contributed by atoms with Crippen LogP contribution in [0.2, 0.25) is 0 Å². The van der Waals surface area contributed by atoms with Crippen molar-refractivity contribution in [3.63, 3.8) is 0 Å². The zero-order chi connectivity index (χ0) is 20.6. The molecule has 2 aromatic carbocycles. The molecule has 1 aliphatic rings. The number of likely N-dealkylation sites (tertiary alicyclic amines) is 1. The summed E-state index contributed by atoms with van der Waals surface area (Å²) in [5, 5.41) is 13.6. The Morgan fingerprint density at radius 2 is 1.97 bits per heavy atom. The monoisotopic (exact) mass is 395 g/mol. The van der Waals surface area contributed by atoms with E-state index in [9.17, 15) is 14.9 Å². The molecular weight excluding hydrogens is 370 g/mol. The van der Waals surface area contributed by atoms with Crippen LogP contribution >= 0.6 is 0 Å². The number of hydrogen-bond acceptors (Lipinski definition) is 5. The molecule has 1 aliphatic heterocycles. The van der Waals surface area contributed by atoms with Crippen LogP contribution in [-0.4, -0.2) is 42.0 Å². The summed E-state index contributed by atoms with van der Waals surface area (Å²) < 4.78 is 6.03. The van der Waals surface area contributed by atoms with E-state index in [1.807, 2.05) is 24.3 Å². The standard InChI is InChI=1S/C22H25N3O4/c1-24-13-11-21(12-14-24)29-20-8-5-18(6-9-20)16-23-22(26)10-7-17-3-2-4-19(15-17)25(27)28/h2-10,15,21H,11-14,16H2,1H3,(H,23,26)/b10-7+. The van der Waals surface area contributed by atoms with Crippen LogP contribution in [0.4, 0.5) is 5.69 Å². The van der Waals surface area contributed by atoms with Crippen LogP contribution in [0.3, 0.4) is 0 Å². The summed E-state index contributed by atoms with van der Waals surface area (Å²) in [5.41, 5.74) is 1.57. The average molecular weight is 395 g/mol. The Labute approximate surface area is 170 Å². The van der Waals surface area contributed by atoms with Gasteiger partial charge in [-0.3, -0.25) is 14.9 Å². The molecule has 7 nitrogen and oxygen atoms in total. The smallest absolute Gasteiger partial charge is 0.270 e. The van der Waals surface area contributed by atoms with Crippen molar-refractivity contribution in [2.24, 2.45) is 0 Å². The fraction of sp³-hybridized carbons (Fsp3) is 0.318. The van der Waals surface area contributed by atoms with Gasteiger partial charge in [-0.05, 0) is 49.2 Å². The molecule has 1 N–H and O–H groups in total. The number of non-ortho nitro benzene ring substituents is 1. The molecule has 2 aromatic rings. The molecule has 1 amide bonds. The maximum absolute atomic E-state index is 12.0. The van der Waals surface area contributed by atoms with Crippen LogP contribution in [-0.2, 0) is 11.3 Å². The Morgan fingerprint density at radius 3 is 2.66 bits per heavy atom. The van der Waals surface area contributed by atoms with Gasteiger partial charge in [-0.15, -0.1) is 0 Å². The van der Waals surface area contributed by atoms with E-state index in [1.54, 1.807) is 18.2 Å². The first kappa shape index (κ1) is 20.5. The normalized spacial score (nSPS) is 15.3. The number of carbonyl (C=O) groups is 1. The molecule has 1 heterocycles. The number of amides is 1. The Kier molecular flexibility index (Phi) is 6.97. The minimum Gasteiger partial charge on any atom is -0.490 e. The van der Waals surface area contributed by atoms with Gasteiger partial charge in [0.25, 0.3) is 5.69 Å². The van der Waals surface area contributed by atoms with Crippen molar-refractivity contribution in [1.82, 2.24) is 10.2 Å². The number of nitrogens with one attached hydrogen (secondary N) is 1. The molecule has 0 bridgehead atoms. The van der Waals surface area contributed by atoms with Crippen LogP contribution in [0.1, 0.15) is 24.0 Å². The largest absolute Gasteiger partial charge is 0.490 e. The molecule has 0 unspecified atom stereocenters. The van der Waals surface area contributed by atoms with Gasteiger partial charge in [-0.25, -0.2) is 0 Å². The summed E-state index contributed by atoms with van der Waals surface area (Å²) in [7, 11) is 2.12. The van der Waals surface area contributed by atoms with Crippen molar-refractivity contribution in [2.45, 2.75) is 25.5 Å². The molecule has 0 saturated carbocycles. The molecule has 3 rings (SSSR count). The number of nitro groups is 1. The van der Waals surface area contributed by atoms with Gasteiger partial charge in [-0.2, -0.15) is 0 Å². The maximum Gasteiger partial charge on any atom is 0.270 e. The number of carbonyl (C=O) groups excluding carboxylic acids is 1. The number of nitro benzene ring substituents is 1. The van der Waals surface area contributed by atoms with E-state index in [-0.39, 0.29) is 17.7 Å². The van der Waals surface area contributed by atoms with Crippen LogP contribution < -0.4 is 10.1 Å². The van der Waals surface area contributed by atoms with E-state index in [4.69, 9.17) is 4.74 Å². The first-order chi connectivity index (χ1) is 14.0. The molecule has 152 valence electrons. The highest BCUT2D eigenvalue weighted by atomic mass is 16.6. The second kappa shape index (κ2) is 9.84. The lowest BCUT2D eigenvalue weighted by Crippen LogP contribution is -2.35. The number of nitrogens with zero attached hydrogens (tertiary/aromatic N) is 2. The highest BCUT2D eigenvalue weighted by Gasteiger charge is 2.17. The summed E-state index contributed by atoms with van der Waals surface area (Å²) >= 11 is 0. The van der Waals surface area contributed by atoms with Crippen molar-refractivity contribution in [2.75, 3.05) is 20.1 Å². The first-order valence-corrected chi connectivity index (χ1v) is 9.64. The van der Waals surface area contributed by atoms with E-state index in [0.29, 0.717) is 12.1 Å². The number of rotatable bonds is 7. The lowest BCUT2D eigenvalue weighted by atomic mass is 10.1. The molecule has 7 heteroatoms. The Balaban J connectivity index is 1.46. The summed E-state index contributed by atoms with van der Waals surface area (Å²) in [6.07, 6.45) is 5.25. The quantitative estimate of drug-likeness (QED) is 0.441. The number of hydrogen-bond donors (Lipinski definition) is 1. The Morgan fingerprint density at radius 1 is 1.24 bits per heavy atom. The van der Waals surface area contributed by atoms with Crippen LogP contribution in [0.15, 0.2) is 54.6 Å². The van der Waals surface area contributed by atoms with E-state index in [2.05, 4.69) is 17.3 Å². The van der Waals surface area contributed by atoms with Gasteiger partial charge in [-0.1, -0.05) is 24.3 Å². The lowest BCUT2D eigenvalue weighted by molar-refractivity contribution is -0.384. The van der Waals surface area contributed by atoms with Gasteiger partial charge in [0.1, 0.15) is 11.9 Å². The summed E-state index contributed by atoms with van der Waals surface area (Å²) in [5.74, 6) is 0.586. The Hall–Kier alpha value is -3.19. The highest BCUT2D eigenvalue weighted by Crippen LogP contribution is 2.19. The molecule has 1 fully saturated rings. The third kappa shape index (κ3) is 6.43. The summed E-state index contributed by atoms with van der Waals surface area (Å²) in [6, 6.07) is 13.9. The van der Waals surface area contributed by atoms with Crippen LogP contribution in [0.25, 0.3) is 6.08 Å². The van der Waals surface area contributed by atoms with Gasteiger partial charge in [0, 0.05) is 37.8 Å². The molecule has 0 aromatic heterocycles. The fourth-order valence-electron chi connectivity index (χ4n) is 3.14. The lowest BCUT2D eigenvalue weighted by Gasteiger charge is -2.29. The van der Waals surface area contributed by atoms with Gasteiger partial charge in [0.15, 0.2) is 0 Å². The number of piperidine rings is 1. The van der Waals surface area contributed by atoms with E-state index in [1.165, 1.54) is 18.2 Å². The summed E-state index contributed by atoms with van der Waals surface area (Å²) in [4.78, 5) is 24.6. The third-order valence-corrected chi connectivity index (χ3v) is 4.87. The zero-order valence-electron chi connectivity index (χ0n) is 16.4. The predicted octanol–water partition coefficient (Wildman–Crippen LogP) is 3.40. The minimum atomic E-state index is -0.461. The number of ether oxygens (including phenoxy) is 1. The maximum atomic E-state index is 12.0. The Bertz CT molecular complexity index is 872. The summed E-state index contributed by atoms with van der Waals surface area (Å²) in [6.45, 7) is 2.50. The zero-order valence-corrected chi connectivity index (χ0v) is 16.4. The second-order valence-electron chi connectivity index (χ2n) is 7.17. The molecule has 0 atom stereocenters. The third-order valence-electron chi connectivity index (χ3n) is 4.87. The van der Waals surface area contributed by atoms with Crippen molar-refractivity contribution in [1.29, 1.82) is 0 Å². The molecule has 0 aliphatic carbocycles. The topological polar surface area (TPSA) is 84.7 Å². The second-order valence-corrected chi connectivity index (χ2v) is 7.17. The van der Waals surface area contributed by atoms with Crippen molar-refractivity contribution in [3.8, 4) is 5.75 Å². The van der Waals surface area contributed by atoms with Gasteiger partial charge < -0.3 is 15.0 Å². The van der Waals surface area contributed by atoms with E-state index in [0.717, 1.165) is 37.2 Å². The molecule has 1 saturated heterocycles. The molecule has 0 spiro atoms. The van der Waals surface area contributed by atoms with Gasteiger partial charge in [0.2, 0.25) is 5.91 Å². The first-order valence-electron chi connectivity index (χ1n) is 9.64. The minimum absolute atomic E-state index is 0.00452. The van der Waals surface area contributed by atoms with Crippen LogP contribution in [0.5, 0.6) is 5.75 Å². The van der Waals surface area contributed by atoms with Crippen molar-refractivity contribution in [3.05, 3.63) is 75.8 Å². The molecular formula is C22H25N3O4. The average Bonchev–Trinajstić information content (AvgIpc) is 2.73. The molecule has 0 radical (unpaired) electrons. The predicted molar refractivity (Wildman–Crippen MR) is 112 cm³/mol. The van der Waals surface area contributed by atoms with E-state index >= 15 is 0 Å². The van der Waals surface area contributed by atoms with Crippen LogP contribution in [0, 0.1) is 10.1 Å². The van der Waals surface area contributed by atoms with Gasteiger partial charge >= 0.3 is 0 Å². The van der Waals surface area contributed by atoms with Gasteiger partial charge in [0.05, 0.1) is 4.92 Å². The number of benzene rings is 2. The fourth-order valence-corrected chi connectivity index (χ4v) is 3.14.